The van der Waals surface area contributed by atoms with Crippen molar-refractivity contribution in [1.82, 2.24) is 4.98 Å². The van der Waals surface area contributed by atoms with Crippen molar-refractivity contribution in [1.29, 1.82) is 0 Å². The standard InChI is InChI=1S/C24H19ClF3N3O5/c1-22(21(30)32)10-34-19-14(22)8-16(23(33,9-29)11-3-2-4-12(26)7-11)31-18(19)13-5-6-15-20(17(13)25)36-24(27,28)35-15/h2-8,33H,9-10,29H2,1H3,(H2,30,32)/t22-,23+/m0/s1. The van der Waals surface area contributed by atoms with Crippen LogP contribution in [0.1, 0.15) is 23.7 Å². The normalized spacial score (nSPS) is 21.0. The van der Waals surface area contributed by atoms with E-state index in [1.807, 2.05) is 0 Å². The summed E-state index contributed by atoms with van der Waals surface area (Å²) in [5.41, 5.74) is 8.63. The summed E-state index contributed by atoms with van der Waals surface area (Å²) in [6.45, 7) is 0.966. The molecule has 5 N–H and O–H groups in total. The van der Waals surface area contributed by atoms with E-state index in [-0.39, 0.29) is 51.2 Å². The lowest BCUT2D eigenvalue weighted by Crippen LogP contribution is -2.41. The Morgan fingerprint density at radius 2 is 1.97 bits per heavy atom. The Balaban J connectivity index is 1.78. The molecule has 12 heteroatoms. The number of amides is 1. The van der Waals surface area contributed by atoms with Gasteiger partial charge >= 0.3 is 6.29 Å². The maximum Gasteiger partial charge on any atom is 0.586 e. The summed E-state index contributed by atoms with van der Waals surface area (Å²) in [5.74, 6) is -1.95. The third-order valence-electron chi connectivity index (χ3n) is 6.40. The molecular weight excluding hydrogens is 503 g/mol. The number of hydrogen-bond acceptors (Lipinski definition) is 7. The van der Waals surface area contributed by atoms with E-state index in [4.69, 9.17) is 27.8 Å². The van der Waals surface area contributed by atoms with Crippen LogP contribution in [-0.4, -0.2) is 35.4 Å². The first-order chi connectivity index (χ1) is 16.9. The summed E-state index contributed by atoms with van der Waals surface area (Å²) in [6.07, 6.45) is -3.92. The number of benzene rings is 2. The van der Waals surface area contributed by atoms with Crippen LogP contribution < -0.4 is 25.7 Å². The first-order valence-corrected chi connectivity index (χ1v) is 11.0. The number of ether oxygens (including phenoxy) is 3. The van der Waals surface area contributed by atoms with Gasteiger partial charge in [0.2, 0.25) is 5.91 Å². The second-order valence-corrected chi connectivity index (χ2v) is 9.09. The molecule has 188 valence electrons. The van der Waals surface area contributed by atoms with Gasteiger partial charge in [-0.1, -0.05) is 23.7 Å². The van der Waals surface area contributed by atoms with Gasteiger partial charge in [0.1, 0.15) is 34.9 Å². The number of primary amides is 1. The zero-order valence-electron chi connectivity index (χ0n) is 18.6. The molecular formula is C24H19ClF3N3O5. The third kappa shape index (κ3) is 3.54. The van der Waals surface area contributed by atoms with Gasteiger partial charge in [0.25, 0.3) is 0 Å². The van der Waals surface area contributed by atoms with E-state index in [0.717, 1.165) is 6.07 Å². The fourth-order valence-corrected chi connectivity index (χ4v) is 4.55. The Kier molecular flexibility index (Phi) is 5.36. The second-order valence-electron chi connectivity index (χ2n) is 8.71. The molecule has 0 spiro atoms. The predicted octanol–water partition coefficient (Wildman–Crippen LogP) is 3.19. The van der Waals surface area contributed by atoms with Crippen molar-refractivity contribution in [2.75, 3.05) is 13.2 Å². The zero-order valence-corrected chi connectivity index (χ0v) is 19.4. The van der Waals surface area contributed by atoms with Gasteiger partial charge in [-0.2, -0.15) is 0 Å². The maximum atomic E-state index is 14.0. The number of fused-ring (bicyclic) bond motifs is 2. The number of hydrogen-bond donors (Lipinski definition) is 3. The Bertz CT molecular complexity index is 1420. The molecule has 2 atom stereocenters. The second kappa shape index (κ2) is 7.99. The Hall–Kier alpha value is -3.54. The van der Waals surface area contributed by atoms with E-state index in [2.05, 4.69) is 14.5 Å². The largest absolute Gasteiger partial charge is 0.586 e. The highest BCUT2D eigenvalue weighted by molar-refractivity contribution is 6.35. The molecule has 1 amide bonds. The minimum absolute atomic E-state index is 0.00219. The van der Waals surface area contributed by atoms with Gasteiger partial charge in [0.05, 0.1) is 10.7 Å². The number of alkyl halides is 2. The molecule has 2 aliphatic rings. The van der Waals surface area contributed by atoms with Gasteiger partial charge in [-0.15, -0.1) is 8.78 Å². The number of nitrogens with two attached hydrogens (primary N) is 2. The molecule has 2 aliphatic heterocycles. The van der Waals surface area contributed by atoms with Crippen molar-refractivity contribution in [3.05, 3.63) is 70.1 Å². The summed E-state index contributed by atoms with van der Waals surface area (Å²) in [7, 11) is 0. The van der Waals surface area contributed by atoms with Gasteiger partial charge in [-0.3, -0.25) is 4.79 Å². The number of pyridine rings is 1. The first kappa shape index (κ1) is 24.2. The number of nitrogens with zero attached hydrogens (tertiary/aromatic N) is 1. The molecule has 5 rings (SSSR count). The van der Waals surface area contributed by atoms with Crippen molar-refractivity contribution in [2.45, 2.75) is 24.2 Å². The average molecular weight is 522 g/mol. The molecule has 3 heterocycles. The monoisotopic (exact) mass is 521 g/mol. The van der Waals surface area contributed by atoms with E-state index < -0.39 is 41.3 Å². The van der Waals surface area contributed by atoms with Gasteiger partial charge in [0.15, 0.2) is 11.5 Å². The number of rotatable bonds is 5. The van der Waals surface area contributed by atoms with Crippen LogP contribution in [0.2, 0.25) is 5.02 Å². The van der Waals surface area contributed by atoms with Gasteiger partial charge in [-0.25, -0.2) is 9.37 Å². The topological polar surface area (TPSA) is 130 Å². The molecule has 0 radical (unpaired) electrons. The lowest BCUT2D eigenvalue weighted by atomic mass is 9.81. The fraction of sp³-hybridized carbons (Fsp3) is 0.250. The van der Waals surface area contributed by atoms with Gasteiger partial charge in [-0.05, 0) is 42.8 Å². The molecule has 0 aliphatic carbocycles. The van der Waals surface area contributed by atoms with Crippen LogP contribution in [0, 0.1) is 5.82 Å². The van der Waals surface area contributed by atoms with Gasteiger partial charge in [0, 0.05) is 17.7 Å². The number of aromatic nitrogens is 1. The third-order valence-corrected chi connectivity index (χ3v) is 6.78. The fourth-order valence-electron chi connectivity index (χ4n) is 4.26. The average Bonchev–Trinajstić information content (AvgIpc) is 3.35. The van der Waals surface area contributed by atoms with E-state index in [9.17, 15) is 23.1 Å². The van der Waals surface area contributed by atoms with Gasteiger partial charge < -0.3 is 30.8 Å². The van der Waals surface area contributed by atoms with Crippen molar-refractivity contribution < 1.29 is 37.3 Å². The molecule has 0 bridgehead atoms. The SMILES string of the molecule is C[C@]1(C(N)=O)COc2c1cc([C@@](O)(CN)c1cccc(F)c1)nc2-c1ccc2c(c1Cl)OC(F)(F)O2. The number of aliphatic hydroxyl groups is 1. The molecule has 1 aromatic heterocycles. The quantitative estimate of drug-likeness (QED) is 0.470. The van der Waals surface area contributed by atoms with E-state index in [1.54, 1.807) is 6.92 Å². The first-order valence-electron chi connectivity index (χ1n) is 10.7. The van der Waals surface area contributed by atoms with Crippen molar-refractivity contribution >= 4 is 17.5 Å². The van der Waals surface area contributed by atoms with E-state index in [1.165, 1.54) is 36.4 Å². The Morgan fingerprint density at radius 1 is 1.22 bits per heavy atom. The molecule has 8 nitrogen and oxygen atoms in total. The summed E-state index contributed by atoms with van der Waals surface area (Å²) in [5, 5.41) is 11.3. The Labute approximate surface area is 207 Å². The lowest BCUT2D eigenvalue weighted by molar-refractivity contribution is -0.286. The lowest BCUT2D eigenvalue weighted by Gasteiger charge is -2.29. The molecule has 3 aromatic rings. The Morgan fingerprint density at radius 3 is 2.64 bits per heavy atom. The number of carbonyl (C=O) groups excluding carboxylic acids is 1. The van der Waals surface area contributed by atoms with Crippen LogP contribution >= 0.6 is 11.6 Å². The van der Waals surface area contributed by atoms with Crippen LogP contribution in [0.3, 0.4) is 0 Å². The minimum Gasteiger partial charge on any atom is -0.489 e. The minimum atomic E-state index is -3.92. The molecule has 36 heavy (non-hydrogen) atoms. The highest BCUT2D eigenvalue weighted by Crippen LogP contribution is 2.52. The number of halogens is 4. The molecule has 2 aromatic carbocycles. The molecule has 0 fully saturated rings. The summed E-state index contributed by atoms with van der Waals surface area (Å²) < 4.78 is 56.2. The van der Waals surface area contributed by atoms with Crippen LogP contribution in [0.4, 0.5) is 13.2 Å². The van der Waals surface area contributed by atoms with Crippen molar-refractivity contribution in [3.63, 3.8) is 0 Å². The summed E-state index contributed by atoms with van der Waals surface area (Å²) in [6, 6.07) is 9.12. The van der Waals surface area contributed by atoms with Crippen LogP contribution in [0.5, 0.6) is 17.2 Å². The van der Waals surface area contributed by atoms with E-state index in [0.29, 0.717) is 0 Å². The smallest absolute Gasteiger partial charge is 0.489 e. The summed E-state index contributed by atoms with van der Waals surface area (Å²) >= 11 is 6.43. The highest BCUT2D eigenvalue weighted by Gasteiger charge is 2.48. The zero-order chi connectivity index (χ0) is 26.0. The van der Waals surface area contributed by atoms with Crippen molar-refractivity contribution in [2.24, 2.45) is 11.5 Å². The molecule has 0 unspecified atom stereocenters. The van der Waals surface area contributed by atoms with E-state index >= 15 is 0 Å². The summed E-state index contributed by atoms with van der Waals surface area (Å²) in [4.78, 5) is 16.9. The highest BCUT2D eigenvalue weighted by atomic mass is 35.5. The number of carbonyl (C=O) groups is 1. The van der Waals surface area contributed by atoms with Crippen LogP contribution in [0.15, 0.2) is 42.5 Å². The van der Waals surface area contributed by atoms with Crippen molar-refractivity contribution in [3.8, 4) is 28.5 Å². The maximum absolute atomic E-state index is 14.0. The van der Waals surface area contributed by atoms with Crippen LogP contribution in [-0.2, 0) is 15.8 Å². The molecule has 0 saturated carbocycles. The molecule has 0 saturated heterocycles. The van der Waals surface area contributed by atoms with Crippen LogP contribution in [0.25, 0.3) is 11.3 Å². The predicted molar refractivity (Wildman–Crippen MR) is 121 cm³/mol.